The van der Waals surface area contributed by atoms with Crippen LogP contribution in [0.4, 0.5) is 5.69 Å². The van der Waals surface area contributed by atoms with Crippen molar-refractivity contribution in [2.24, 2.45) is 40.2 Å². The number of esters is 1. The van der Waals surface area contributed by atoms with Crippen LogP contribution in [0.2, 0.25) is 0 Å². The van der Waals surface area contributed by atoms with Crippen molar-refractivity contribution in [3.63, 3.8) is 0 Å². The second-order valence-electron chi connectivity index (χ2n) is 15.3. The predicted molar refractivity (Wildman–Crippen MR) is 175 cm³/mol. The second kappa shape index (κ2) is 12.2. The van der Waals surface area contributed by atoms with E-state index in [1.807, 2.05) is 0 Å². The molecule has 1 aromatic carbocycles. The van der Waals surface area contributed by atoms with Gasteiger partial charge in [-0.3, -0.25) is 14.5 Å². The number of aliphatic hydroxyl groups is 2. The summed E-state index contributed by atoms with van der Waals surface area (Å²) in [6.07, 6.45) is 0.513. The molecule has 1 spiro atoms. The van der Waals surface area contributed by atoms with E-state index in [9.17, 15) is 24.6 Å². The molecule has 5 aliphatic carbocycles. The van der Waals surface area contributed by atoms with Crippen LogP contribution in [-0.4, -0.2) is 123 Å². The van der Waals surface area contributed by atoms with Crippen LogP contribution in [0.15, 0.2) is 24.3 Å². The van der Waals surface area contributed by atoms with Gasteiger partial charge in [0.1, 0.15) is 11.2 Å². The Morgan fingerprint density at radius 3 is 2.45 bits per heavy atom. The minimum absolute atomic E-state index is 0.0424. The fourth-order valence-electron chi connectivity index (χ4n) is 12.5. The predicted octanol–water partition coefficient (Wildman–Crippen LogP) is 1.34. The molecule has 5 saturated carbocycles. The molecule has 0 radical (unpaired) electrons. The van der Waals surface area contributed by atoms with Gasteiger partial charge in [0.25, 0.3) is 0 Å². The van der Waals surface area contributed by atoms with Crippen LogP contribution in [0.25, 0.3) is 0 Å². The van der Waals surface area contributed by atoms with E-state index < -0.39 is 52.0 Å². The Hall–Kier alpha value is -2.65. The first-order valence-electron chi connectivity index (χ1n) is 17.6. The molecule has 49 heavy (non-hydrogen) atoms. The normalized spacial score (nSPS) is 44.4. The van der Waals surface area contributed by atoms with E-state index in [4.69, 9.17) is 29.4 Å². The average molecular weight is 686 g/mol. The number of ether oxygens (including phenoxy) is 5. The number of hydrogen-bond acceptors (Lipinski definition) is 11. The molecule has 270 valence electrons. The lowest BCUT2D eigenvalue weighted by atomic mass is 9.42. The van der Waals surface area contributed by atoms with Crippen molar-refractivity contribution < 1.29 is 48.3 Å². The zero-order chi connectivity index (χ0) is 35.1. The van der Waals surface area contributed by atoms with Gasteiger partial charge in [-0.2, -0.15) is 0 Å². The van der Waals surface area contributed by atoms with E-state index in [1.54, 1.807) is 52.7 Å². The molecule has 0 unspecified atom stereocenters. The Labute approximate surface area is 287 Å². The third kappa shape index (κ3) is 4.45. The zero-order valence-electron chi connectivity index (χ0n) is 29.1. The molecule has 0 aromatic heterocycles. The van der Waals surface area contributed by atoms with Crippen molar-refractivity contribution in [1.82, 2.24) is 4.90 Å². The maximum Gasteiger partial charge on any atom is 0.340 e. The number of primary amides is 1. The number of carbonyl (C=O) groups is 3. The standard InChI is InChI=1S/C36H51N3O10/c1-6-39-17-33(18-49-31(42)19-9-7-8-10-22(19)38-26(41)12-11-25(37)40)14-13-24(46-3)35-21-15-20-23(45-2)16-34(43,27(21)28(20)47-4)36(44,32(35)39)30(48-5)29(33)35/h7-10,20-21,23-24,27-30,32,43-44H,6,11-18H2,1-5H3,(H2,37,40)(H,38,41)/t20-,21-,23+,24+,27-,28+,29-,30+,32+,33+,34-,35+,36+/m1/s1. The summed E-state index contributed by atoms with van der Waals surface area (Å²) in [5.41, 5.74) is 1.14. The van der Waals surface area contributed by atoms with Crippen molar-refractivity contribution in [3.8, 4) is 0 Å². The Kier molecular flexibility index (Phi) is 8.69. The van der Waals surface area contributed by atoms with Crippen molar-refractivity contribution in [2.45, 2.75) is 87.1 Å². The molecule has 1 saturated heterocycles. The summed E-state index contributed by atoms with van der Waals surface area (Å²) in [5, 5.41) is 29.2. The minimum Gasteiger partial charge on any atom is -0.461 e. The van der Waals surface area contributed by atoms with Gasteiger partial charge >= 0.3 is 5.97 Å². The lowest BCUT2D eigenvalue weighted by molar-refractivity contribution is -0.320. The highest BCUT2D eigenvalue weighted by atomic mass is 16.5. The summed E-state index contributed by atoms with van der Waals surface area (Å²) < 4.78 is 31.3. The highest BCUT2D eigenvalue weighted by Crippen LogP contribution is 2.80. The molecule has 5 N–H and O–H groups in total. The second-order valence-corrected chi connectivity index (χ2v) is 15.3. The number of rotatable bonds is 12. The number of methoxy groups -OCH3 is 4. The SMILES string of the molecule is CCN1C[C@]2(COC(=O)c3ccccc3NC(=O)CCC(N)=O)CC[C@H](OC)[C@@]34[C@@H]5C[C@H]6[C@H](OC)[C@@H]5[C@](O)(C[C@@H]6OC)[C@](O)([C@@H](OC)[C@H]23)[C@@H]14. The molecular formula is C36H51N3O10. The number of para-hydroxylation sites is 1. The molecule has 6 fully saturated rings. The van der Waals surface area contributed by atoms with Gasteiger partial charge in [0.05, 0.1) is 48.3 Å². The number of likely N-dealkylation sites (N-methyl/N-ethyl adjacent to an activating group) is 1. The topological polar surface area (TPSA) is 179 Å². The highest BCUT2D eigenvalue weighted by molar-refractivity contribution is 6.01. The molecule has 7 rings (SSSR count). The summed E-state index contributed by atoms with van der Waals surface area (Å²) >= 11 is 0. The molecule has 13 atom stereocenters. The molecule has 1 aliphatic heterocycles. The first kappa shape index (κ1) is 34.8. The van der Waals surface area contributed by atoms with Crippen molar-refractivity contribution in [2.75, 3.05) is 53.5 Å². The number of nitrogens with zero attached hydrogens (tertiary/aromatic N) is 1. The molecule has 1 heterocycles. The number of piperidine rings is 1. The molecule has 13 heteroatoms. The third-order valence-electron chi connectivity index (χ3n) is 13.8. The zero-order valence-corrected chi connectivity index (χ0v) is 29.1. The molecule has 1 aromatic rings. The van der Waals surface area contributed by atoms with Gasteiger partial charge in [0, 0.05) is 82.8 Å². The largest absolute Gasteiger partial charge is 0.461 e. The number of carbonyl (C=O) groups excluding carboxylic acids is 3. The Morgan fingerprint density at radius 1 is 1.04 bits per heavy atom. The molecule has 13 nitrogen and oxygen atoms in total. The summed E-state index contributed by atoms with van der Waals surface area (Å²) in [5.74, 6) is -2.33. The molecule has 6 aliphatic rings. The summed E-state index contributed by atoms with van der Waals surface area (Å²) in [6, 6.07) is 6.14. The summed E-state index contributed by atoms with van der Waals surface area (Å²) in [6.45, 7) is 3.25. The van der Waals surface area contributed by atoms with E-state index in [0.29, 0.717) is 25.9 Å². The number of nitrogens with two attached hydrogens (primary N) is 1. The Bertz CT molecular complexity index is 1490. The van der Waals surface area contributed by atoms with E-state index in [2.05, 4.69) is 17.1 Å². The van der Waals surface area contributed by atoms with Crippen LogP contribution >= 0.6 is 0 Å². The van der Waals surface area contributed by atoms with E-state index in [1.165, 1.54) is 0 Å². The lowest BCUT2D eigenvalue weighted by Crippen LogP contribution is -2.82. The average Bonchev–Trinajstić information content (AvgIpc) is 3.51. The molecule has 2 amide bonds. The Balaban J connectivity index is 1.29. The first-order valence-corrected chi connectivity index (χ1v) is 17.6. The van der Waals surface area contributed by atoms with Gasteiger partial charge in [-0.1, -0.05) is 19.1 Å². The maximum absolute atomic E-state index is 13.9. The van der Waals surface area contributed by atoms with Crippen LogP contribution in [-0.2, 0) is 33.3 Å². The third-order valence-corrected chi connectivity index (χ3v) is 13.8. The monoisotopic (exact) mass is 685 g/mol. The Morgan fingerprint density at radius 2 is 1.80 bits per heavy atom. The van der Waals surface area contributed by atoms with Crippen molar-refractivity contribution >= 4 is 23.5 Å². The van der Waals surface area contributed by atoms with Crippen LogP contribution < -0.4 is 11.1 Å². The van der Waals surface area contributed by atoms with Crippen LogP contribution in [0.5, 0.6) is 0 Å². The lowest BCUT2D eigenvalue weighted by Gasteiger charge is -2.70. The van der Waals surface area contributed by atoms with Gasteiger partial charge in [0.15, 0.2) is 0 Å². The maximum atomic E-state index is 13.9. The highest BCUT2D eigenvalue weighted by Gasteiger charge is 2.91. The van der Waals surface area contributed by atoms with Gasteiger partial charge in [-0.25, -0.2) is 4.79 Å². The number of hydrogen-bond donors (Lipinski definition) is 4. The fraction of sp³-hybridized carbons (Fsp3) is 0.750. The summed E-state index contributed by atoms with van der Waals surface area (Å²) in [4.78, 5) is 39.9. The molecule has 7 bridgehead atoms. The van der Waals surface area contributed by atoms with Gasteiger partial charge < -0.3 is 44.9 Å². The van der Waals surface area contributed by atoms with E-state index >= 15 is 0 Å². The van der Waals surface area contributed by atoms with Crippen molar-refractivity contribution in [3.05, 3.63) is 29.8 Å². The first-order chi connectivity index (χ1) is 23.4. The molecular weight excluding hydrogens is 634 g/mol. The van der Waals surface area contributed by atoms with Crippen LogP contribution in [0, 0.1) is 34.5 Å². The number of likely N-dealkylation sites (tertiary alicyclic amines) is 1. The number of amides is 2. The fourth-order valence-corrected chi connectivity index (χ4v) is 12.5. The van der Waals surface area contributed by atoms with Gasteiger partial charge in [0.2, 0.25) is 11.8 Å². The smallest absolute Gasteiger partial charge is 0.340 e. The van der Waals surface area contributed by atoms with Crippen molar-refractivity contribution in [1.29, 1.82) is 0 Å². The van der Waals surface area contributed by atoms with E-state index in [0.717, 1.165) is 6.42 Å². The minimum atomic E-state index is -1.69. The number of fused-ring (bicyclic) bond motifs is 2. The van der Waals surface area contributed by atoms with E-state index in [-0.39, 0.29) is 79.1 Å². The van der Waals surface area contributed by atoms with Crippen LogP contribution in [0.3, 0.4) is 0 Å². The summed E-state index contributed by atoms with van der Waals surface area (Å²) in [7, 11) is 6.68. The number of nitrogens with one attached hydrogen (secondary N) is 1. The van der Waals surface area contributed by atoms with Gasteiger partial charge in [-0.15, -0.1) is 0 Å². The van der Waals surface area contributed by atoms with Gasteiger partial charge in [-0.05, 0) is 43.9 Å². The number of benzene rings is 1. The quantitative estimate of drug-likeness (QED) is 0.233. The van der Waals surface area contributed by atoms with Crippen LogP contribution in [0.1, 0.15) is 55.8 Å². The number of anilines is 1.